The third-order valence-electron chi connectivity index (χ3n) is 3.81. The van der Waals surface area contributed by atoms with E-state index in [9.17, 15) is 9.59 Å². The third-order valence-corrected chi connectivity index (χ3v) is 3.81. The van der Waals surface area contributed by atoms with Gasteiger partial charge in [0.15, 0.2) is 0 Å². The van der Waals surface area contributed by atoms with Gasteiger partial charge in [0.05, 0.1) is 19.1 Å². The minimum Gasteiger partial charge on any atom is -0.481 e. The monoisotopic (exact) mass is 256 g/mol. The van der Waals surface area contributed by atoms with Crippen molar-refractivity contribution in [2.75, 3.05) is 26.3 Å². The lowest BCUT2D eigenvalue weighted by Gasteiger charge is -2.21. The summed E-state index contributed by atoms with van der Waals surface area (Å²) in [5.41, 5.74) is 5.83. The van der Waals surface area contributed by atoms with E-state index in [1.165, 1.54) is 0 Å². The molecule has 0 aliphatic carbocycles. The van der Waals surface area contributed by atoms with Crippen LogP contribution in [0.4, 0.5) is 0 Å². The molecule has 0 bridgehead atoms. The number of nitrogens with two attached hydrogens (primary N) is 1. The molecular weight excluding hydrogens is 236 g/mol. The lowest BCUT2D eigenvalue weighted by Crippen LogP contribution is -2.42. The first-order chi connectivity index (χ1) is 8.58. The number of hydrogen-bond acceptors (Lipinski definition) is 4. The van der Waals surface area contributed by atoms with Crippen LogP contribution in [0.15, 0.2) is 0 Å². The molecule has 2 rings (SSSR count). The fourth-order valence-corrected chi connectivity index (χ4v) is 2.66. The maximum atomic E-state index is 12.2. The maximum absolute atomic E-state index is 12.2. The van der Waals surface area contributed by atoms with Gasteiger partial charge in [-0.2, -0.15) is 0 Å². The van der Waals surface area contributed by atoms with Gasteiger partial charge in [0, 0.05) is 25.6 Å². The smallest absolute Gasteiger partial charge is 0.303 e. The van der Waals surface area contributed by atoms with Crippen LogP contribution in [0.1, 0.15) is 19.3 Å². The van der Waals surface area contributed by atoms with Gasteiger partial charge in [-0.15, -0.1) is 0 Å². The SMILES string of the molecule is NC1COCC1C(=O)N1CCC(CCC(=O)O)C1. The number of aliphatic carboxylic acids is 1. The molecule has 2 aliphatic heterocycles. The van der Waals surface area contributed by atoms with Gasteiger partial charge in [-0.1, -0.05) is 0 Å². The molecule has 6 heteroatoms. The third kappa shape index (κ3) is 3.00. The zero-order chi connectivity index (χ0) is 13.1. The molecule has 0 aromatic rings. The van der Waals surface area contributed by atoms with Crippen molar-refractivity contribution in [3.05, 3.63) is 0 Å². The number of likely N-dealkylation sites (tertiary alicyclic amines) is 1. The molecule has 0 aromatic heterocycles. The topological polar surface area (TPSA) is 92.9 Å². The predicted octanol–water partition coefficient (Wildman–Crippen LogP) is -0.327. The molecule has 1 amide bonds. The Labute approximate surface area is 106 Å². The first kappa shape index (κ1) is 13.3. The lowest BCUT2D eigenvalue weighted by molar-refractivity contribution is -0.137. The van der Waals surface area contributed by atoms with Crippen molar-refractivity contribution >= 4 is 11.9 Å². The summed E-state index contributed by atoms with van der Waals surface area (Å²) in [6.45, 7) is 2.24. The van der Waals surface area contributed by atoms with Crippen molar-refractivity contribution in [1.29, 1.82) is 0 Å². The van der Waals surface area contributed by atoms with E-state index in [0.29, 0.717) is 38.6 Å². The highest BCUT2D eigenvalue weighted by Crippen LogP contribution is 2.24. The number of hydrogen-bond donors (Lipinski definition) is 2. The number of amides is 1. The minimum atomic E-state index is -0.772. The average Bonchev–Trinajstić information content (AvgIpc) is 2.94. The molecule has 2 aliphatic rings. The Kier molecular flexibility index (Phi) is 4.19. The van der Waals surface area contributed by atoms with Crippen molar-refractivity contribution in [2.45, 2.75) is 25.3 Å². The molecule has 2 fully saturated rings. The lowest BCUT2D eigenvalue weighted by atomic mass is 10.0. The van der Waals surface area contributed by atoms with Crippen LogP contribution < -0.4 is 5.73 Å². The molecule has 102 valence electrons. The Bertz CT molecular complexity index is 334. The summed E-state index contributed by atoms with van der Waals surface area (Å²) in [6, 6.07) is -0.199. The molecule has 0 spiro atoms. The average molecular weight is 256 g/mol. The van der Waals surface area contributed by atoms with Gasteiger partial charge in [0.25, 0.3) is 0 Å². The second kappa shape index (κ2) is 5.67. The number of rotatable bonds is 4. The molecule has 3 unspecified atom stereocenters. The molecule has 0 aromatic carbocycles. The van der Waals surface area contributed by atoms with E-state index in [0.717, 1.165) is 6.42 Å². The normalized spacial score (nSPS) is 31.8. The van der Waals surface area contributed by atoms with E-state index in [4.69, 9.17) is 15.6 Å². The van der Waals surface area contributed by atoms with Gasteiger partial charge in [-0.25, -0.2) is 0 Å². The van der Waals surface area contributed by atoms with E-state index >= 15 is 0 Å². The summed E-state index contributed by atoms with van der Waals surface area (Å²) in [5, 5.41) is 8.64. The number of carboxylic acid groups (broad SMARTS) is 1. The molecule has 2 saturated heterocycles. The first-order valence-corrected chi connectivity index (χ1v) is 6.42. The summed E-state index contributed by atoms with van der Waals surface area (Å²) < 4.78 is 5.21. The Morgan fingerprint density at radius 2 is 2.17 bits per heavy atom. The van der Waals surface area contributed by atoms with E-state index in [-0.39, 0.29) is 24.3 Å². The Morgan fingerprint density at radius 1 is 1.39 bits per heavy atom. The summed E-state index contributed by atoms with van der Waals surface area (Å²) in [5.74, 6) is -0.615. The number of carbonyl (C=O) groups excluding carboxylic acids is 1. The van der Waals surface area contributed by atoms with E-state index in [2.05, 4.69) is 0 Å². The Balaban J connectivity index is 1.81. The van der Waals surface area contributed by atoms with Crippen LogP contribution >= 0.6 is 0 Å². The summed E-state index contributed by atoms with van der Waals surface area (Å²) in [6.07, 6.45) is 1.72. The van der Waals surface area contributed by atoms with Gasteiger partial charge < -0.3 is 20.5 Å². The second-order valence-electron chi connectivity index (χ2n) is 5.18. The van der Waals surface area contributed by atoms with E-state index in [1.807, 2.05) is 4.90 Å². The molecule has 2 heterocycles. The van der Waals surface area contributed by atoms with Crippen LogP contribution in [-0.2, 0) is 14.3 Å². The predicted molar refractivity (Wildman–Crippen MR) is 63.8 cm³/mol. The number of carboxylic acids is 1. The Morgan fingerprint density at radius 3 is 2.78 bits per heavy atom. The first-order valence-electron chi connectivity index (χ1n) is 6.42. The van der Waals surface area contributed by atoms with Crippen molar-refractivity contribution in [3.63, 3.8) is 0 Å². The fourth-order valence-electron chi connectivity index (χ4n) is 2.66. The van der Waals surface area contributed by atoms with Crippen molar-refractivity contribution < 1.29 is 19.4 Å². The molecule has 3 N–H and O–H groups in total. The van der Waals surface area contributed by atoms with E-state index < -0.39 is 5.97 Å². The minimum absolute atomic E-state index is 0.0674. The Hall–Kier alpha value is -1.14. The van der Waals surface area contributed by atoms with Gasteiger partial charge in [0.2, 0.25) is 5.91 Å². The fraction of sp³-hybridized carbons (Fsp3) is 0.833. The molecule has 18 heavy (non-hydrogen) atoms. The summed E-state index contributed by atoms with van der Waals surface area (Å²) in [4.78, 5) is 24.5. The highest BCUT2D eigenvalue weighted by atomic mass is 16.5. The van der Waals surface area contributed by atoms with Gasteiger partial charge >= 0.3 is 5.97 Å². The van der Waals surface area contributed by atoms with Crippen LogP contribution in [0.25, 0.3) is 0 Å². The van der Waals surface area contributed by atoms with Crippen LogP contribution in [0.2, 0.25) is 0 Å². The highest BCUT2D eigenvalue weighted by molar-refractivity contribution is 5.80. The van der Waals surface area contributed by atoms with Crippen molar-refractivity contribution in [2.24, 2.45) is 17.6 Å². The molecule has 6 nitrogen and oxygen atoms in total. The quantitative estimate of drug-likeness (QED) is 0.718. The molecule has 0 saturated carbocycles. The van der Waals surface area contributed by atoms with Crippen molar-refractivity contribution in [3.8, 4) is 0 Å². The van der Waals surface area contributed by atoms with Crippen LogP contribution in [0, 0.1) is 11.8 Å². The summed E-state index contributed by atoms with van der Waals surface area (Å²) >= 11 is 0. The zero-order valence-corrected chi connectivity index (χ0v) is 10.4. The largest absolute Gasteiger partial charge is 0.481 e. The van der Waals surface area contributed by atoms with Crippen LogP contribution in [0.5, 0.6) is 0 Å². The number of ether oxygens (including phenoxy) is 1. The van der Waals surface area contributed by atoms with E-state index in [1.54, 1.807) is 0 Å². The van der Waals surface area contributed by atoms with Crippen LogP contribution in [-0.4, -0.2) is 54.2 Å². The highest BCUT2D eigenvalue weighted by Gasteiger charge is 2.36. The maximum Gasteiger partial charge on any atom is 0.303 e. The zero-order valence-electron chi connectivity index (χ0n) is 10.4. The van der Waals surface area contributed by atoms with Crippen LogP contribution in [0.3, 0.4) is 0 Å². The molecular formula is C12H20N2O4. The van der Waals surface area contributed by atoms with Gasteiger partial charge in [0.1, 0.15) is 0 Å². The van der Waals surface area contributed by atoms with Crippen molar-refractivity contribution in [1.82, 2.24) is 4.90 Å². The van der Waals surface area contributed by atoms with Gasteiger partial charge in [-0.05, 0) is 18.8 Å². The number of carbonyl (C=O) groups is 2. The molecule has 0 radical (unpaired) electrons. The standard InChI is InChI=1S/C12H20N2O4/c13-10-7-18-6-9(10)12(17)14-4-3-8(5-14)1-2-11(15)16/h8-10H,1-7,13H2,(H,15,16). The second-order valence-corrected chi connectivity index (χ2v) is 5.18. The molecule has 3 atom stereocenters. The summed E-state index contributed by atoms with van der Waals surface area (Å²) in [7, 11) is 0. The van der Waals surface area contributed by atoms with Gasteiger partial charge in [-0.3, -0.25) is 9.59 Å². The number of nitrogens with zero attached hydrogens (tertiary/aromatic N) is 1.